The highest BCUT2D eigenvalue weighted by atomic mass is 16.5. The van der Waals surface area contributed by atoms with E-state index in [0.717, 1.165) is 0 Å². The molecule has 1 fully saturated rings. The molecule has 7 nitrogen and oxygen atoms in total. The van der Waals surface area contributed by atoms with E-state index in [-0.39, 0.29) is 18.3 Å². The molecule has 0 aromatic carbocycles. The number of likely N-dealkylation sites (N-methyl/N-ethyl adjacent to an activating group) is 1. The quantitative estimate of drug-likeness (QED) is 0.831. The Morgan fingerprint density at radius 1 is 1.68 bits per heavy atom. The van der Waals surface area contributed by atoms with Crippen LogP contribution in [0.2, 0.25) is 0 Å². The first kappa shape index (κ1) is 13.2. The standard InChI is InChI=1S/C12H14N4O3/c1-2-16(10-7-19-6-9(10)11(17)18)12-14-4-3-8(5-13)15-12/h3-4,9-10H,2,6-7H2,1H3,(H,17,18). The van der Waals surface area contributed by atoms with Gasteiger partial charge in [0, 0.05) is 12.7 Å². The zero-order chi connectivity index (χ0) is 13.8. The summed E-state index contributed by atoms with van der Waals surface area (Å²) in [4.78, 5) is 21.2. The van der Waals surface area contributed by atoms with Gasteiger partial charge in [0.2, 0.25) is 5.95 Å². The maximum atomic E-state index is 11.2. The van der Waals surface area contributed by atoms with Crippen LogP contribution >= 0.6 is 0 Å². The van der Waals surface area contributed by atoms with Crippen LogP contribution in [0.1, 0.15) is 12.6 Å². The van der Waals surface area contributed by atoms with Crippen LogP contribution in [0.25, 0.3) is 0 Å². The molecular weight excluding hydrogens is 248 g/mol. The first-order valence-electron chi connectivity index (χ1n) is 5.97. The lowest BCUT2D eigenvalue weighted by Gasteiger charge is -2.29. The normalized spacial score (nSPS) is 21.9. The van der Waals surface area contributed by atoms with Crippen molar-refractivity contribution in [2.24, 2.45) is 5.92 Å². The van der Waals surface area contributed by atoms with Gasteiger partial charge in [-0.05, 0) is 13.0 Å². The predicted molar refractivity (Wildman–Crippen MR) is 65.5 cm³/mol. The molecule has 0 aliphatic carbocycles. The van der Waals surface area contributed by atoms with E-state index in [1.807, 2.05) is 13.0 Å². The summed E-state index contributed by atoms with van der Waals surface area (Å²) in [6, 6.07) is 3.15. The molecule has 100 valence electrons. The Hall–Kier alpha value is -2.20. The highest BCUT2D eigenvalue weighted by Crippen LogP contribution is 2.23. The molecule has 7 heteroatoms. The van der Waals surface area contributed by atoms with Crippen molar-refractivity contribution >= 4 is 11.9 Å². The number of ether oxygens (including phenoxy) is 1. The van der Waals surface area contributed by atoms with Crippen LogP contribution in [0.4, 0.5) is 5.95 Å². The fraction of sp³-hybridized carbons (Fsp3) is 0.500. The molecule has 0 saturated carbocycles. The summed E-state index contributed by atoms with van der Waals surface area (Å²) in [7, 11) is 0. The average molecular weight is 262 g/mol. The molecule has 0 spiro atoms. The predicted octanol–water partition coefficient (Wildman–Crippen LogP) is 0.274. The number of aromatic nitrogens is 2. The van der Waals surface area contributed by atoms with E-state index in [2.05, 4.69) is 9.97 Å². The molecule has 19 heavy (non-hydrogen) atoms. The number of carboxylic acids is 1. The lowest BCUT2D eigenvalue weighted by atomic mass is 10.0. The highest BCUT2D eigenvalue weighted by molar-refractivity contribution is 5.72. The molecule has 1 aliphatic heterocycles. The summed E-state index contributed by atoms with van der Waals surface area (Å²) < 4.78 is 5.25. The zero-order valence-electron chi connectivity index (χ0n) is 10.5. The van der Waals surface area contributed by atoms with Crippen molar-refractivity contribution in [1.82, 2.24) is 9.97 Å². The molecular formula is C12H14N4O3. The smallest absolute Gasteiger partial charge is 0.311 e. The van der Waals surface area contributed by atoms with Gasteiger partial charge in [-0.2, -0.15) is 5.26 Å². The van der Waals surface area contributed by atoms with Gasteiger partial charge in [-0.25, -0.2) is 9.97 Å². The topological polar surface area (TPSA) is 99.3 Å². The Morgan fingerprint density at radius 3 is 3.11 bits per heavy atom. The molecule has 0 radical (unpaired) electrons. The second-order valence-electron chi connectivity index (χ2n) is 4.19. The average Bonchev–Trinajstić information content (AvgIpc) is 2.89. The van der Waals surface area contributed by atoms with Gasteiger partial charge in [0.15, 0.2) is 0 Å². The second-order valence-corrected chi connectivity index (χ2v) is 4.19. The van der Waals surface area contributed by atoms with Gasteiger partial charge in [0.25, 0.3) is 0 Å². The number of hydrogen-bond donors (Lipinski definition) is 1. The SMILES string of the molecule is CCN(c1nccc(C#N)n1)C1COCC1C(=O)O. The van der Waals surface area contributed by atoms with Gasteiger partial charge in [-0.15, -0.1) is 0 Å². The fourth-order valence-corrected chi connectivity index (χ4v) is 2.16. The van der Waals surface area contributed by atoms with Crippen LogP contribution in [-0.4, -0.2) is 46.8 Å². The number of hydrogen-bond acceptors (Lipinski definition) is 6. The first-order valence-corrected chi connectivity index (χ1v) is 5.97. The highest BCUT2D eigenvalue weighted by Gasteiger charge is 2.38. The number of anilines is 1. The van der Waals surface area contributed by atoms with Crippen molar-refractivity contribution in [2.75, 3.05) is 24.7 Å². The van der Waals surface area contributed by atoms with E-state index in [0.29, 0.717) is 19.1 Å². The van der Waals surface area contributed by atoms with Gasteiger partial charge < -0.3 is 14.7 Å². The van der Waals surface area contributed by atoms with Gasteiger partial charge in [-0.3, -0.25) is 4.79 Å². The fourth-order valence-electron chi connectivity index (χ4n) is 2.16. The summed E-state index contributed by atoms with van der Waals surface area (Å²) >= 11 is 0. The molecule has 2 atom stereocenters. The summed E-state index contributed by atoms with van der Waals surface area (Å²) in [5.41, 5.74) is 0.259. The molecule has 2 heterocycles. The van der Waals surface area contributed by atoms with Crippen molar-refractivity contribution in [3.8, 4) is 6.07 Å². The molecule has 0 bridgehead atoms. The third-order valence-electron chi connectivity index (χ3n) is 3.12. The lowest BCUT2D eigenvalue weighted by molar-refractivity contribution is -0.141. The minimum absolute atomic E-state index is 0.189. The Morgan fingerprint density at radius 2 is 2.47 bits per heavy atom. The van der Waals surface area contributed by atoms with Gasteiger partial charge in [0.05, 0.1) is 19.3 Å². The molecule has 1 aromatic rings. The molecule has 1 saturated heterocycles. The summed E-state index contributed by atoms with van der Waals surface area (Å²) in [5.74, 6) is -1.13. The van der Waals surface area contributed by atoms with Gasteiger partial charge in [0.1, 0.15) is 17.7 Å². The second kappa shape index (κ2) is 5.63. The first-order chi connectivity index (χ1) is 9.17. The number of aliphatic carboxylic acids is 1. The number of carbonyl (C=O) groups is 1. The molecule has 2 rings (SSSR count). The number of rotatable bonds is 4. The van der Waals surface area contributed by atoms with Crippen LogP contribution in [0.15, 0.2) is 12.3 Å². The van der Waals surface area contributed by atoms with Crippen LogP contribution in [0.3, 0.4) is 0 Å². The Balaban J connectivity index is 2.29. The van der Waals surface area contributed by atoms with Crippen molar-refractivity contribution < 1.29 is 14.6 Å². The van der Waals surface area contributed by atoms with Crippen molar-refractivity contribution in [3.63, 3.8) is 0 Å². The maximum Gasteiger partial charge on any atom is 0.311 e. The van der Waals surface area contributed by atoms with Gasteiger partial charge >= 0.3 is 5.97 Å². The summed E-state index contributed by atoms with van der Waals surface area (Å²) in [6.45, 7) is 2.95. The molecule has 2 unspecified atom stereocenters. The van der Waals surface area contributed by atoms with Crippen molar-refractivity contribution in [3.05, 3.63) is 18.0 Å². The number of nitriles is 1. The van der Waals surface area contributed by atoms with Gasteiger partial charge in [-0.1, -0.05) is 0 Å². The monoisotopic (exact) mass is 262 g/mol. The Bertz CT molecular complexity index is 514. The lowest BCUT2D eigenvalue weighted by Crippen LogP contribution is -2.44. The van der Waals surface area contributed by atoms with E-state index in [9.17, 15) is 9.90 Å². The van der Waals surface area contributed by atoms with Crippen LogP contribution in [-0.2, 0) is 9.53 Å². The number of nitrogens with zero attached hydrogens (tertiary/aromatic N) is 4. The third kappa shape index (κ3) is 2.63. The maximum absolute atomic E-state index is 11.2. The molecule has 1 aliphatic rings. The molecule has 1 aromatic heterocycles. The van der Waals surface area contributed by atoms with E-state index >= 15 is 0 Å². The van der Waals surface area contributed by atoms with Crippen molar-refractivity contribution in [2.45, 2.75) is 13.0 Å². The van der Waals surface area contributed by atoms with E-state index in [1.165, 1.54) is 12.3 Å². The van der Waals surface area contributed by atoms with E-state index in [1.54, 1.807) is 4.90 Å². The summed E-state index contributed by atoms with van der Waals surface area (Å²) in [6.07, 6.45) is 1.50. The Kier molecular flexibility index (Phi) is 3.92. The summed E-state index contributed by atoms with van der Waals surface area (Å²) in [5, 5.41) is 18.0. The van der Waals surface area contributed by atoms with Crippen LogP contribution in [0, 0.1) is 17.2 Å². The minimum Gasteiger partial charge on any atom is -0.481 e. The minimum atomic E-state index is -0.891. The number of carboxylic acid groups (broad SMARTS) is 1. The zero-order valence-corrected chi connectivity index (χ0v) is 10.5. The Labute approximate surface area is 110 Å². The van der Waals surface area contributed by atoms with E-state index < -0.39 is 11.9 Å². The van der Waals surface area contributed by atoms with Crippen LogP contribution < -0.4 is 4.90 Å². The largest absolute Gasteiger partial charge is 0.481 e. The molecule has 1 N–H and O–H groups in total. The van der Waals surface area contributed by atoms with Crippen molar-refractivity contribution in [1.29, 1.82) is 5.26 Å². The molecule has 0 amide bonds. The van der Waals surface area contributed by atoms with Crippen LogP contribution in [0.5, 0.6) is 0 Å². The third-order valence-corrected chi connectivity index (χ3v) is 3.12. The van der Waals surface area contributed by atoms with E-state index in [4.69, 9.17) is 10.00 Å².